The molecule has 0 saturated heterocycles. The summed E-state index contributed by atoms with van der Waals surface area (Å²) in [5.74, 6) is -0.927. The Morgan fingerprint density at radius 1 is 0.622 bits per heavy atom. The first-order chi connectivity index (χ1) is 17.8. The number of rotatable bonds is 7. The maximum atomic E-state index is 12.8. The molecular formula is C31H28F2O4. The maximum Gasteiger partial charge on any atom is 0.343 e. The number of hydrogen-bond donors (Lipinski definition) is 0. The molecule has 0 spiro atoms. The van der Waals surface area contributed by atoms with E-state index in [1.807, 2.05) is 31.2 Å². The molecule has 0 aliphatic rings. The second-order valence-electron chi connectivity index (χ2n) is 8.35. The summed E-state index contributed by atoms with van der Waals surface area (Å²) in [7, 11) is 0. The van der Waals surface area contributed by atoms with E-state index in [2.05, 4.69) is 6.92 Å². The van der Waals surface area contributed by atoms with Gasteiger partial charge in [0.15, 0.2) is 0 Å². The van der Waals surface area contributed by atoms with Gasteiger partial charge in [-0.25, -0.2) is 18.4 Å². The average Bonchev–Trinajstić information content (AvgIpc) is 2.91. The maximum absolute atomic E-state index is 12.8. The zero-order valence-corrected chi connectivity index (χ0v) is 20.7. The minimum absolute atomic E-state index is 0.331. The fourth-order valence-corrected chi connectivity index (χ4v) is 3.22. The van der Waals surface area contributed by atoms with E-state index >= 15 is 0 Å². The number of ether oxygens (including phenoxy) is 2. The molecule has 190 valence electrons. The highest BCUT2D eigenvalue weighted by molar-refractivity contribution is 5.91. The molecule has 0 unspecified atom stereocenters. The first-order valence-corrected chi connectivity index (χ1v) is 11.9. The SMILES string of the molecule is CCCCc1ccc(C(=O)Oc2ccc(F)cc2)cc1.Cc1ccc(C(=O)Oc2ccc(F)cc2)cc1. The van der Waals surface area contributed by atoms with Gasteiger partial charge in [-0.2, -0.15) is 0 Å². The van der Waals surface area contributed by atoms with Crippen LogP contribution in [-0.2, 0) is 6.42 Å². The summed E-state index contributed by atoms with van der Waals surface area (Å²) >= 11 is 0. The van der Waals surface area contributed by atoms with Crippen molar-refractivity contribution in [2.45, 2.75) is 33.1 Å². The van der Waals surface area contributed by atoms with Gasteiger partial charge in [0.25, 0.3) is 0 Å². The second-order valence-corrected chi connectivity index (χ2v) is 8.35. The van der Waals surface area contributed by atoms with E-state index in [1.165, 1.54) is 54.1 Å². The molecule has 0 saturated carbocycles. The van der Waals surface area contributed by atoms with Gasteiger partial charge in [-0.1, -0.05) is 43.2 Å². The van der Waals surface area contributed by atoms with E-state index in [0.29, 0.717) is 22.6 Å². The summed E-state index contributed by atoms with van der Waals surface area (Å²) in [6.07, 6.45) is 3.30. The van der Waals surface area contributed by atoms with Crippen molar-refractivity contribution in [3.63, 3.8) is 0 Å². The molecule has 4 aromatic rings. The van der Waals surface area contributed by atoms with Crippen molar-refractivity contribution >= 4 is 11.9 Å². The quantitative estimate of drug-likeness (QED) is 0.192. The van der Waals surface area contributed by atoms with Crippen molar-refractivity contribution in [1.29, 1.82) is 0 Å². The number of benzene rings is 4. The Kier molecular flexibility index (Phi) is 10.1. The minimum atomic E-state index is -0.448. The van der Waals surface area contributed by atoms with Gasteiger partial charge in [0.05, 0.1) is 11.1 Å². The first-order valence-electron chi connectivity index (χ1n) is 11.9. The summed E-state index contributed by atoms with van der Waals surface area (Å²) < 4.78 is 35.7. The van der Waals surface area contributed by atoms with Crippen molar-refractivity contribution in [2.75, 3.05) is 0 Å². The van der Waals surface area contributed by atoms with Crippen LogP contribution >= 0.6 is 0 Å². The summed E-state index contributed by atoms with van der Waals surface area (Å²) in [6.45, 7) is 4.09. The molecule has 0 N–H and O–H groups in total. The highest BCUT2D eigenvalue weighted by Gasteiger charge is 2.09. The lowest BCUT2D eigenvalue weighted by atomic mass is 10.1. The monoisotopic (exact) mass is 502 g/mol. The fraction of sp³-hybridized carbons (Fsp3) is 0.161. The number of carbonyl (C=O) groups excluding carboxylic acids is 2. The van der Waals surface area contributed by atoms with Gasteiger partial charge < -0.3 is 9.47 Å². The Morgan fingerprint density at radius 3 is 1.43 bits per heavy atom. The molecule has 0 aromatic heterocycles. The van der Waals surface area contributed by atoms with Crippen LogP contribution in [-0.4, -0.2) is 11.9 Å². The average molecular weight is 503 g/mol. The third kappa shape index (κ3) is 9.00. The Labute approximate surface area is 215 Å². The molecule has 0 bridgehead atoms. The third-order valence-corrected chi connectivity index (χ3v) is 5.34. The van der Waals surface area contributed by atoms with Crippen LogP contribution in [0.5, 0.6) is 11.5 Å². The predicted molar refractivity (Wildman–Crippen MR) is 139 cm³/mol. The highest BCUT2D eigenvalue weighted by atomic mass is 19.1. The van der Waals surface area contributed by atoms with Gasteiger partial charge >= 0.3 is 11.9 Å². The zero-order valence-electron chi connectivity index (χ0n) is 20.7. The molecule has 0 amide bonds. The topological polar surface area (TPSA) is 52.6 Å². The zero-order chi connectivity index (χ0) is 26.6. The lowest BCUT2D eigenvalue weighted by Gasteiger charge is -2.05. The molecule has 37 heavy (non-hydrogen) atoms. The Bertz CT molecular complexity index is 1280. The van der Waals surface area contributed by atoms with Crippen molar-refractivity contribution in [3.05, 3.63) is 131 Å². The van der Waals surface area contributed by atoms with E-state index in [4.69, 9.17) is 9.47 Å². The molecule has 4 rings (SSSR count). The van der Waals surface area contributed by atoms with Gasteiger partial charge in [0.2, 0.25) is 0 Å². The van der Waals surface area contributed by atoms with E-state index in [9.17, 15) is 18.4 Å². The number of esters is 2. The van der Waals surface area contributed by atoms with Crippen molar-refractivity contribution < 1.29 is 27.8 Å². The number of carbonyl (C=O) groups is 2. The van der Waals surface area contributed by atoms with Crippen molar-refractivity contribution in [1.82, 2.24) is 0 Å². The number of halogens is 2. The molecule has 0 fully saturated rings. The Hall–Kier alpha value is -4.32. The normalized spacial score (nSPS) is 10.2. The highest BCUT2D eigenvalue weighted by Crippen LogP contribution is 2.15. The van der Waals surface area contributed by atoms with Gasteiger partial charge in [0, 0.05) is 0 Å². The fourth-order valence-electron chi connectivity index (χ4n) is 3.22. The lowest BCUT2D eigenvalue weighted by Crippen LogP contribution is -2.08. The molecule has 0 aliphatic carbocycles. The molecule has 0 heterocycles. The molecule has 4 aromatic carbocycles. The predicted octanol–water partition coefficient (Wildman–Crippen LogP) is 7.74. The van der Waals surface area contributed by atoms with Crippen LogP contribution < -0.4 is 9.47 Å². The van der Waals surface area contributed by atoms with Crippen molar-refractivity contribution in [3.8, 4) is 11.5 Å². The second kappa shape index (κ2) is 13.7. The van der Waals surface area contributed by atoms with E-state index < -0.39 is 11.9 Å². The van der Waals surface area contributed by atoms with E-state index in [-0.39, 0.29) is 11.6 Å². The summed E-state index contributed by atoms with van der Waals surface area (Å²) in [6, 6.07) is 25.2. The first kappa shape index (κ1) is 27.3. The van der Waals surface area contributed by atoms with Crippen LogP contribution in [0.3, 0.4) is 0 Å². The molecule has 6 heteroatoms. The van der Waals surface area contributed by atoms with Crippen molar-refractivity contribution in [2.24, 2.45) is 0 Å². The standard InChI is InChI=1S/C17H17FO2.C14H11FO2/c1-2-3-4-13-5-7-14(8-6-13)17(19)20-16-11-9-15(18)10-12-16;1-10-2-4-11(5-3-10)14(16)17-13-8-6-12(15)7-9-13/h5-12H,2-4H2,1H3;2-9H,1H3. The summed E-state index contributed by atoms with van der Waals surface area (Å²) in [4.78, 5) is 23.6. The van der Waals surface area contributed by atoms with Crippen LogP contribution in [0.25, 0.3) is 0 Å². The molecule has 0 atom stereocenters. The Morgan fingerprint density at radius 2 is 1.03 bits per heavy atom. The molecular weight excluding hydrogens is 474 g/mol. The minimum Gasteiger partial charge on any atom is -0.423 e. The van der Waals surface area contributed by atoms with Gasteiger partial charge in [-0.05, 0) is 98.1 Å². The van der Waals surface area contributed by atoms with E-state index in [1.54, 1.807) is 24.3 Å². The molecule has 0 aliphatic heterocycles. The van der Waals surface area contributed by atoms with Crippen LogP contribution in [0.4, 0.5) is 8.78 Å². The smallest absolute Gasteiger partial charge is 0.343 e. The number of hydrogen-bond acceptors (Lipinski definition) is 4. The number of aryl methyl sites for hydroxylation is 2. The Balaban J connectivity index is 0.000000208. The van der Waals surface area contributed by atoms with Gasteiger partial charge in [-0.3, -0.25) is 0 Å². The van der Waals surface area contributed by atoms with Crippen LogP contribution in [0.15, 0.2) is 97.1 Å². The van der Waals surface area contributed by atoms with Gasteiger partial charge in [0.1, 0.15) is 23.1 Å². The largest absolute Gasteiger partial charge is 0.423 e. The summed E-state index contributed by atoms with van der Waals surface area (Å²) in [5.41, 5.74) is 3.25. The molecule has 0 radical (unpaired) electrons. The third-order valence-electron chi connectivity index (χ3n) is 5.34. The van der Waals surface area contributed by atoms with Crippen LogP contribution in [0.1, 0.15) is 51.6 Å². The molecule has 4 nitrogen and oxygen atoms in total. The van der Waals surface area contributed by atoms with Crippen LogP contribution in [0, 0.1) is 18.6 Å². The number of unbranched alkanes of at least 4 members (excludes halogenated alkanes) is 1. The lowest BCUT2D eigenvalue weighted by molar-refractivity contribution is 0.0725. The van der Waals surface area contributed by atoms with Gasteiger partial charge in [-0.15, -0.1) is 0 Å². The van der Waals surface area contributed by atoms with E-state index in [0.717, 1.165) is 24.8 Å². The van der Waals surface area contributed by atoms with Crippen LogP contribution in [0.2, 0.25) is 0 Å². The summed E-state index contributed by atoms with van der Waals surface area (Å²) in [5, 5.41) is 0.